The van der Waals surface area contributed by atoms with E-state index in [9.17, 15) is 48.8 Å². The summed E-state index contributed by atoms with van der Waals surface area (Å²) in [6, 6.07) is -1.31. The van der Waals surface area contributed by atoms with Gasteiger partial charge in [0.15, 0.2) is 6.17 Å². The van der Waals surface area contributed by atoms with Crippen LogP contribution in [0.2, 0.25) is 0 Å². The molecule has 37 heavy (non-hydrogen) atoms. The molecule has 2 aliphatic rings. The van der Waals surface area contributed by atoms with E-state index in [-0.39, 0.29) is 37.1 Å². The van der Waals surface area contributed by atoms with Gasteiger partial charge in [0.25, 0.3) is 5.79 Å². The van der Waals surface area contributed by atoms with Crippen molar-refractivity contribution >= 4 is 29.7 Å². The number of hydrogen-bond acceptors (Lipinski definition) is 10. The van der Waals surface area contributed by atoms with E-state index < -0.39 is 66.7 Å². The number of alkyl halides is 1. The number of hydrogen-bond donors (Lipinski definition) is 5. The largest absolute Gasteiger partial charge is 0.477 e. The number of carboxylic acid groups (broad SMARTS) is 1. The van der Waals surface area contributed by atoms with Crippen molar-refractivity contribution in [2.45, 2.75) is 89.2 Å². The van der Waals surface area contributed by atoms with Gasteiger partial charge in [-0.15, -0.1) is 0 Å². The molecule has 210 valence electrons. The van der Waals surface area contributed by atoms with E-state index in [0.717, 1.165) is 6.92 Å². The molecule has 0 aromatic rings. The van der Waals surface area contributed by atoms with Gasteiger partial charge in [-0.25, -0.2) is 9.18 Å². The molecule has 2 heterocycles. The summed E-state index contributed by atoms with van der Waals surface area (Å²) in [5.41, 5.74) is 0. The Kier molecular flexibility index (Phi) is 10.5. The Morgan fingerprint density at radius 1 is 1.22 bits per heavy atom. The Hall–Kier alpha value is -2.68. The highest BCUT2D eigenvalue weighted by molar-refractivity contribution is 6.03. The molecule has 0 aromatic carbocycles. The van der Waals surface area contributed by atoms with Gasteiger partial charge in [-0.05, 0) is 12.8 Å². The summed E-state index contributed by atoms with van der Waals surface area (Å²) in [5, 5.41) is 42.6. The SMILES string of the molecule is CC(=O)N[C@H]1[C@H]([C@H](O)[C@H](O)COC(=O)CCCCCN2C(=O)CC(C)C2=O)OC(O)(C(=O)O)C(F)[C@@H]1C. The molecule has 2 fully saturated rings. The maximum absolute atomic E-state index is 14.6. The lowest BCUT2D eigenvalue weighted by Gasteiger charge is -2.47. The van der Waals surface area contributed by atoms with E-state index in [0.29, 0.717) is 19.3 Å². The quantitative estimate of drug-likeness (QED) is 0.115. The average molecular weight is 535 g/mol. The molecule has 0 saturated carbocycles. The molecule has 0 bridgehead atoms. The second-order valence-electron chi connectivity index (χ2n) is 9.61. The molecule has 14 heteroatoms. The predicted octanol–water partition coefficient (Wildman–Crippen LogP) is -1.14. The second kappa shape index (κ2) is 12.7. The molecular weight excluding hydrogens is 499 g/mol. The molecule has 0 aromatic heterocycles. The van der Waals surface area contributed by atoms with Crippen molar-refractivity contribution in [2.24, 2.45) is 11.8 Å². The van der Waals surface area contributed by atoms with E-state index in [2.05, 4.69) is 5.32 Å². The maximum Gasteiger partial charge on any atom is 0.367 e. The number of nitrogens with zero attached hydrogens (tertiary/aromatic N) is 1. The zero-order chi connectivity index (χ0) is 28.1. The van der Waals surface area contributed by atoms with Gasteiger partial charge in [0.1, 0.15) is 24.9 Å². The number of ether oxygens (including phenoxy) is 2. The first-order valence-corrected chi connectivity index (χ1v) is 12.1. The van der Waals surface area contributed by atoms with Crippen LogP contribution in [0.25, 0.3) is 0 Å². The third-order valence-corrected chi connectivity index (χ3v) is 6.63. The second-order valence-corrected chi connectivity index (χ2v) is 9.61. The van der Waals surface area contributed by atoms with Gasteiger partial charge in [0, 0.05) is 38.1 Å². The molecule has 2 aliphatic heterocycles. The lowest BCUT2D eigenvalue weighted by atomic mass is 9.81. The highest BCUT2D eigenvalue weighted by atomic mass is 19.1. The molecular formula is C23H35FN2O11. The third kappa shape index (κ3) is 7.21. The first kappa shape index (κ1) is 30.5. The van der Waals surface area contributed by atoms with Gasteiger partial charge in [0.2, 0.25) is 17.7 Å². The van der Waals surface area contributed by atoms with Gasteiger partial charge in [-0.3, -0.25) is 24.1 Å². The molecule has 0 radical (unpaired) electrons. The van der Waals surface area contributed by atoms with Gasteiger partial charge in [-0.1, -0.05) is 20.3 Å². The molecule has 0 aliphatic carbocycles. The van der Waals surface area contributed by atoms with Crippen molar-refractivity contribution in [1.29, 1.82) is 0 Å². The van der Waals surface area contributed by atoms with Crippen molar-refractivity contribution in [3.63, 3.8) is 0 Å². The number of amides is 3. The fourth-order valence-electron chi connectivity index (χ4n) is 4.45. The number of esters is 1. The van der Waals surface area contributed by atoms with Crippen LogP contribution in [-0.4, -0.2) is 104 Å². The van der Waals surface area contributed by atoms with Crippen molar-refractivity contribution in [2.75, 3.05) is 13.2 Å². The molecule has 0 spiro atoms. The topological polar surface area (TPSA) is 200 Å². The van der Waals surface area contributed by atoms with E-state index in [1.165, 1.54) is 11.8 Å². The van der Waals surface area contributed by atoms with Crippen molar-refractivity contribution in [3.8, 4) is 0 Å². The number of carbonyl (C=O) groups excluding carboxylic acids is 4. The lowest BCUT2D eigenvalue weighted by Crippen LogP contribution is -2.69. The number of carboxylic acids is 1. The highest BCUT2D eigenvalue weighted by Crippen LogP contribution is 2.36. The van der Waals surface area contributed by atoms with Gasteiger partial charge >= 0.3 is 11.9 Å². The minimum atomic E-state index is -3.33. The van der Waals surface area contributed by atoms with Crippen LogP contribution in [0.15, 0.2) is 0 Å². The normalized spacial score (nSPS) is 31.6. The first-order valence-electron chi connectivity index (χ1n) is 12.1. The Morgan fingerprint density at radius 3 is 2.41 bits per heavy atom. The number of rotatable bonds is 12. The Balaban J connectivity index is 1.85. The number of nitrogens with one attached hydrogen (secondary N) is 1. The van der Waals surface area contributed by atoms with Crippen LogP contribution in [0.1, 0.15) is 52.9 Å². The standard InChI is InChI=1S/C23H35FN2O11/c1-11-9-15(29)26(21(11)32)8-6-4-5-7-16(30)36-10-14(28)18(31)19-17(25-13(3)27)12(2)20(24)23(35,37-19)22(33)34/h11-12,14,17-20,28,31,35H,4-10H2,1-3H3,(H,25,27)(H,33,34)/t11?,12-,14-,17-,18-,19-,20?,23?/m1/s1. The fraction of sp³-hybridized carbons (Fsp3) is 0.783. The average Bonchev–Trinajstić information content (AvgIpc) is 3.07. The molecule has 2 rings (SSSR count). The van der Waals surface area contributed by atoms with E-state index in [1.54, 1.807) is 6.92 Å². The molecule has 2 saturated heterocycles. The Labute approximate surface area is 212 Å². The summed E-state index contributed by atoms with van der Waals surface area (Å²) in [6.07, 6.45) is -6.46. The van der Waals surface area contributed by atoms with Crippen LogP contribution in [-0.2, 0) is 33.4 Å². The monoisotopic (exact) mass is 534 g/mol. The van der Waals surface area contributed by atoms with Gasteiger partial charge in [-0.2, -0.15) is 0 Å². The summed E-state index contributed by atoms with van der Waals surface area (Å²) >= 11 is 0. The molecule has 3 amide bonds. The van der Waals surface area contributed by atoms with E-state index in [1.807, 2.05) is 0 Å². The summed E-state index contributed by atoms with van der Waals surface area (Å²) in [4.78, 5) is 59.9. The lowest BCUT2D eigenvalue weighted by molar-refractivity contribution is -0.312. The minimum absolute atomic E-state index is 0.0467. The number of imide groups is 1. The summed E-state index contributed by atoms with van der Waals surface area (Å²) in [6.45, 7) is 3.53. The summed E-state index contributed by atoms with van der Waals surface area (Å²) in [5.74, 6) is -8.84. The number of aliphatic hydroxyl groups excluding tert-OH is 2. The molecule has 5 N–H and O–H groups in total. The van der Waals surface area contributed by atoms with Crippen molar-refractivity contribution < 1.29 is 58.3 Å². The Bertz CT molecular complexity index is 887. The summed E-state index contributed by atoms with van der Waals surface area (Å²) < 4.78 is 24.5. The van der Waals surface area contributed by atoms with E-state index >= 15 is 0 Å². The minimum Gasteiger partial charge on any atom is -0.477 e. The number of halogens is 1. The number of unbranched alkanes of at least 4 members (excludes halogenated alkanes) is 2. The third-order valence-electron chi connectivity index (χ3n) is 6.63. The highest BCUT2D eigenvalue weighted by Gasteiger charge is 2.60. The van der Waals surface area contributed by atoms with E-state index in [4.69, 9.17) is 9.47 Å². The molecule has 13 nitrogen and oxygen atoms in total. The summed E-state index contributed by atoms with van der Waals surface area (Å²) in [7, 11) is 0. The maximum atomic E-state index is 14.6. The van der Waals surface area contributed by atoms with Gasteiger partial charge < -0.3 is 35.2 Å². The van der Waals surface area contributed by atoms with Crippen LogP contribution >= 0.6 is 0 Å². The van der Waals surface area contributed by atoms with Crippen molar-refractivity contribution in [1.82, 2.24) is 10.2 Å². The zero-order valence-corrected chi connectivity index (χ0v) is 21.0. The smallest absolute Gasteiger partial charge is 0.367 e. The number of aliphatic hydroxyl groups is 3. The van der Waals surface area contributed by atoms with Crippen molar-refractivity contribution in [3.05, 3.63) is 0 Å². The van der Waals surface area contributed by atoms with Crippen LogP contribution in [0.5, 0.6) is 0 Å². The molecule has 8 atom stereocenters. The number of aliphatic carboxylic acids is 1. The fourth-order valence-corrected chi connectivity index (χ4v) is 4.45. The number of carbonyl (C=O) groups is 5. The van der Waals surface area contributed by atoms with Crippen LogP contribution in [0.4, 0.5) is 4.39 Å². The molecule has 3 unspecified atom stereocenters. The van der Waals surface area contributed by atoms with Crippen LogP contribution < -0.4 is 5.32 Å². The zero-order valence-electron chi connectivity index (χ0n) is 21.0. The van der Waals surface area contributed by atoms with Crippen LogP contribution in [0, 0.1) is 11.8 Å². The first-order chi connectivity index (χ1) is 17.2. The number of likely N-dealkylation sites (tertiary alicyclic amines) is 1. The van der Waals surface area contributed by atoms with Crippen LogP contribution in [0.3, 0.4) is 0 Å². The predicted molar refractivity (Wildman–Crippen MR) is 121 cm³/mol. The van der Waals surface area contributed by atoms with Gasteiger partial charge in [0.05, 0.1) is 6.04 Å². The Morgan fingerprint density at radius 2 is 1.86 bits per heavy atom.